The number of pyridine rings is 1. The van der Waals surface area contributed by atoms with Crippen LogP contribution in [0.15, 0.2) is 18.3 Å². The molecule has 1 aliphatic carbocycles. The molecule has 1 aromatic rings. The summed E-state index contributed by atoms with van der Waals surface area (Å²) in [6.45, 7) is 1.68. The van der Waals surface area contributed by atoms with Crippen LogP contribution in [0.2, 0.25) is 0 Å². The number of nitrogens with zero attached hydrogens (tertiary/aromatic N) is 1. The highest BCUT2D eigenvalue weighted by atomic mass is 16.2. The van der Waals surface area contributed by atoms with Crippen molar-refractivity contribution in [1.82, 2.24) is 15.6 Å². The third-order valence-corrected chi connectivity index (χ3v) is 2.94. The molecule has 19 heavy (non-hydrogen) atoms. The molecule has 1 fully saturated rings. The van der Waals surface area contributed by atoms with Gasteiger partial charge in [0.15, 0.2) is 0 Å². The van der Waals surface area contributed by atoms with Crippen molar-refractivity contribution in [1.29, 1.82) is 0 Å². The van der Waals surface area contributed by atoms with Crippen LogP contribution in [0.4, 0.5) is 5.82 Å². The molecule has 2 rings (SSSR count). The third kappa shape index (κ3) is 3.67. The fourth-order valence-corrected chi connectivity index (χ4v) is 1.61. The molecule has 102 valence electrons. The average molecular weight is 262 g/mol. The molecule has 6 heteroatoms. The Hall–Kier alpha value is -2.11. The van der Waals surface area contributed by atoms with Crippen molar-refractivity contribution in [2.45, 2.75) is 31.8 Å². The van der Waals surface area contributed by atoms with Gasteiger partial charge in [0, 0.05) is 24.8 Å². The molecule has 0 radical (unpaired) electrons. The Bertz CT molecular complexity index is 485. The number of aromatic nitrogens is 1. The fraction of sp³-hybridized carbons (Fsp3) is 0.462. The van der Waals surface area contributed by atoms with Crippen molar-refractivity contribution in [2.75, 3.05) is 12.4 Å². The molecular weight excluding hydrogens is 244 g/mol. The van der Waals surface area contributed by atoms with Gasteiger partial charge in [0.05, 0.1) is 0 Å². The van der Waals surface area contributed by atoms with Crippen LogP contribution in [-0.4, -0.2) is 35.9 Å². The number of amides is 2. The summed E-state index contributed by atoms with van der Waals surface area (Å²) in [5, 5.41) is 8.39. The summed E-state index contributed by atoms with van der Waals surface area (Å²) in [7, 11) is 1.73. The second kappa shape index (κ2) is 5.69. The van der Waals surface area contributed by atoms with Crippen LogP contribution < -0.4 is 16.0 Å². The Morgan fingerprint density at radius 3 is 2.79 bits per heavy atom. The van der Waals surface area contributed by atoms with Crippen molar-refractivity contribution in [3.05, 3.63) is 23.9 Å². The number of hydrogen-bond donors (Lipinski definition) is 3. The lowest BCUT2D eigenvalue weighted by Gasteiger charge is -2.14. The van der Waals surface area contributed by atoms with E-state index >= 15 is 0 Å². The minimum atomic E-state index is -0.542. The van der Waals surface area contributed by atoms with Gasteiger partial charge >= 0.3 is 0 Å². The molecule has 0 spiro atoms. The molecule has 2 amide bonds. The standard InChI is InChI=1S/C13H18N4O2/c1-8(12(18)17-10-3-4-10)16-13(19)9-5-6-15-11(7-9)14-2/h5-8,10H,3-4H2,1-2H3,(H,14,15)(H,16,19)(H,17,18). The maximum atomic E-state index is 12.0. The Morgan fingerprint density at radius 1 is 1.42 bits per heavy atom. The first-order valence-corrected chi connectivity index (χ1v) is 6.35. The van der Waals surface area contributed by atoms with E-state index in [0.717, 1.165) is 12.8 Å². The van der Waals surface area contributed by atoms with Crippen molar-refractivity contribution >= 4 is 17.6 Å². The minimum Gasteiger partial charge on any atom is -0.373 e. The van der Waals surface area contributed by atoms with Crippen molar-refractivity contribution in [3.8, 4) is 0 Å². The smallest absolute Gasteiger partial charge is 0.252 e. The summed E-state index contributed by atoms with van der Waals surface area (Å²) in [6.07, 6.45) is 3.61. The highest BCUT2D eigenvalue weighted by molar-refractivity contribution is 5.97. The van der Waals surface area contributed by atoms with Crippen LogP contribution in [0.5, 0.6) is 0 Å². The molecule has 1 aliphatic rings. The Labute approximate surface area is 112 Å². The molecule has 1 unspecified atom stereocenters. The van der Waals surface area contributed by atoms with Gasteiger partial charge in [-0.15, -0.1) is 0 Å². The zero-order chi connectivity index (χ0) is 13.8. The lowest BCUT2D eigenvalue weighted by molar-refractivity contribution is -0.122. The van der Waals surface area contributed by atoms with E-state index in [4.69, 9.17) is 0 Å². The van der Waals surface area contributed by atoms with Gasteiger partial charge < -0.3 is 16.0 Å². The van der Waals surface area contributed by atoms with E-state index in [-0.39, 0.29) is 11.8 Å². The molecule has 0 aliphatic heterocycles. The van der Waals surface area contributed by atoms with Crippen LogP contribution in [0.25, 0.3) is 0 Å². The van der Waals surface area contributed by atoms with E-state index in [1.54, 1.807) is 32.3 Å². The number of carbonyl (C=O) groups is 2. The number of hydrogen-bond acceptors (Lipinski definition) is 4. The van der Waals surface area contributed by atoms with E-state index in [2.05, 4.69) is 20.9 Å². The first kappa shape index (κ1) is 13.3. The van der Waals surface area contributed by atoms with Gasteiger partial charge in [0.1, 0.15) is 11.9 Å². The number of anilines is 1. The summed E-state index contributed by atoms with van der Waals surface area (Å²) in [6, 6.07) is 3.01. The molecule has 3 N–H and O–H groups in total. The van der Waals surface area contributed by atoms with Gasteiger partial charge in [0.2, 0.25) is 5.91 Å². The first-order valence-electron chi connectivity index (χ1n) is 6.35. The first-order chi connectivity index (χ1) is 9.10. The summed E-state index contributed by atoms with van der Waals surface area (Å²) in [5.74, 6) is 0.193. The summed E-state index contributed by atoms with van der Waals surface area (Å²) < 4.78 is 0. The second-order valence-electron chi connectivity index (χ2n) is 4.66. The molecule has 1 aromatic heterocycles. The molecule has 1 saturated carbocycles. The quantitative estimate of drug-likeness (QED) is 0.722. The normalized spacial score (nSPS) is 15.5. The van der Waals surface area contributed by atoms with Gasteiger partial charge in [0.25, 0.3) is 5.91 Å². The van der Waals surface area contributed by atoms with Gasteiger partial charge in [-0.1, -0.05) is 0 Å². The van der Waals surface area contributed by atoms with Gasteiger partial charge in [-0.25, -0.2) is 4.98 Å². The molecule has 6 nitrogen and oxygen atoms in total. The second-order valence-corrected chi connectivity index (χ2v) is 4.66. The monoisotopic (exact) mass is 262 g/mol. The minimum absolute atomic E-state index is 0.140. The summed E-state index contributed by atoms with van der Waals surface area (Å²) in [4.78, 5) is 27.7. The van der Waals surface area contributed by atoms with Crippen molar-refractivity contribution in [3.63, 3.8) is 0 Å². The lowest BCUT2D eigenvalue weighted by atomic mass is 10.2. The van der Waals surface area contributed by atoms with E-state index in [1.165, 1.54) is 0 Å². The third-order valence-electron chi connectivity index (χ3n) is 2.94. The van der Waals surface area contributed by atoms with Gasteiger partial charge in [-0.2, -0.15) is 0 Å². The molecule has 0 aromatic carbocycles. The average Bonchev–Trinajstić information content (AvgIpc) is 3.22. The predicted octanol–water partition coefficient (Wildman–Crippen LogP) is 0.520. The maximum absolute atomic E-state index is 12.0. The molecule has 0 bridgehead atoms. The molecule has 1 atom stereocenters. The van der Waals surface area contributed by atoms with E-state index in [0.29, 0.717) is 17.4 Å². The summed E-state index contributed by atoms with van der Waals surface area (Å²) >= 11 is 0. The lowest BCUT2D eigenvalue weighted by Crippen LogP contribution is -2.45. The largest absolute Gasteiger partial charge is 0.373 e. The van der Waals surface area contributed by atoms with Gasteiger partial charge in [-0.3, -0.25) is 9.59 Å². The zero-order valence-corrected chi connectivity index (χ0v) is 11.1. The number of rotatable bonds is 5. The maximum Gasteiger partial charge on any atom is 0.252 e. The Balaban J connectivity index is 1.93. The molecular formula is C13H18N4O2. The Morgan fingerprint density at radius 2 is 2.16 bits per heavy atom. The Kier molecular flexibility index (Phi) is 3.99. The molecule has 1 heterocycles. The van der Waals surface area contributed by atoms with Crippen LogP contribution in [-0.2, 0) is 4.79 Å². The van der Waals surface area contributed by atoms with Crippen LogP contribution in [0, 0.1) is 0 Å². The van der Waals surface area contributed by atoms with Crippen LogP contribution in [0.3, 0.4) is 0 Å². The van der Waals surface area contributed by atoms with E-state index < -0.39 is 6.04 Å². The van der Waals surface area contributed by atoms with E-state index in [1.807, 2.05) is 0 Å². The summed E-state index contributed by atoms with van der Waals surface area (Å²) in [5.41, 5.74) is 0.477. The highest BCUT2D eigenvalue weighted by Crippen LogP contribution is 2.18. The van der Waals surface area contributed by atoms with Crippen molar-refractivity contribution in [2.24, 2.45) is 0 Å². The topological polar surface area (TPSA) is 83.1 Å². The zero-order valence-electron chi connectivity index (χ0n) is 11.1. The molecule has 0 saturated heterocycles. The predicted molar refractivity (Wildman–Crippen MR) is 71.9 cm³/mol. The van der Waals surface area contributed by atoms with Gasteiger partial charge in [-0.05, 0) is 31.9 Å². The SMILES string of the molecule is CNc1cc(C(=O)NC(C)C(=O)NC2CC2)ccn1. The highest BCUT2D eigenvalue weighted by Gasteiger charge is 2.26. The van der Waals surface area contributed by atoms with Crippen molar-refractivity contribution < 1.29 is 9.59 Å². The number of nitrogens with one attached hydrogen (secondary N) is 3. The fourth-order valence-electron chi connectivity index (χ4n) is 1.61. The van der Waals surface area contributed by atoms with Crippen LogP contribution >= 0.6 is 0 Å². The number of carbonyl (C=O) groups excluding carboxylic acids is 2. The van der Waals surface area contributed by atoms with E-state index in [9.17, 15) is 9.59 Å². The van der Waals surface area contributed by atoms with Crippen LogP contribution in [0.1, 0.15) is 30.1 Å².